The van der Waals surface area contributed by atoms with E-state index in [1.165, 1.54) is 0 Å². The van der Waals surface area contributed by atoms with Crippen LogP contribution in [0.3, 0.4) is 0 Å². The van der Waals surface area contributed by atoms with Gasteiger partial charge in [-0.2, -0.15) is 0 Å². The maximum atomic E-state index is 10.3. The lowest BCUT2D eigenvalue weighted by atomic mass is 10.2. The summed E-state index contributed by atoms with van der Waals surface area (Å²) in [7, 11) is 1.56. The Morgan fingerprint density at radius 1 is 1.71 bits per heavy atom. The zero-order valence-electron chi connectivity index (χ0n) is 7.66. The Morgan fingerprint density at radius 3 is 3.00 bits per heavy atom. The molecule has 0 fully saturated rings. The number of hydrogen-bond donors (Lipinski definition) is 1. The van der Waals surface area contributed by atoms with Gasteiger partial charge in [0.05, 0.1) is 18.0 Å². The van der Waals surface area contributed by atoms with Gasteiger partial charge in [0.25, 0.3) is 0 Å². The van der Waals surface area contributed by atoms with Crippen LogP contribution in [-0.2, 0) is 11.2 Å². The monoisotopic (exact) mass is 259 g/mol. The van der Waals surface area contributed by atoms with Gasteiger partial charge in [-0.3, -0.25) is 9.78 Å². The highest BCUT2D eigenvalue weighted by molar-refractivity contribution is 9.10. The molecular formula is C9H10BrNO3. The molecule has 1 aromatic heterocycles. The number of carboxylic acid groups (broad SMARTS) is 1. The molecular weight excluding hydrogens is 250 g/mol. The first-order chi connectivity index (χ1) is 6.63. The molecule has 0 unspecified atom stereocenters. The Balaban J connectivity index is 2.74. The van der Waals surface area contributed by atoms with Gasteiger partial charge in [0.15, 0.2) is 0 Å². The van der Waals surface area contributed by atoms with Crippen LogP contribution in [-0.4, -0.2) is 23.2 Å². The van der Waals surface area contributed by atoms with Crippen LogP contribution in [0, 0.1) is 0 Å². The molecule has 0 bridgehead atoms. The molecule has 0 aliphatic rings. The van der Waals surface area contributed by atoms with Crippen LogP contribution in [0.4, 0.5) is 0 Å². The van der Waals surface area contributed by atoms with Gasteiger partial charge in [-0.15, -0.1) is 0 Å². The largest absolute Gasteiger partial charge is 0.495 e. The molecule has 0 spiro atoms. The molecule has 0 aliphatic heterocycles. The molecule has 1 rings (SSSR count). The predicted octanol–water partition coefficient (Wildman–Crippen LogP) is 1.87. The second-order valence-corrected chi connectivity index (χ2v) is 3.56. The second-order valence-electron chi connectivity index (χ2n) is 2.70. The van der Waals surface area contributed by atoms with E-state index in [1.54, 1.807) is 19.4 Å². The number of hydrogen-bond acceptors (Lipinski definition) is 3. The fraction of sp³-hybridized carbons (Fsp3) is 0.333. The van der Waals surface area contributed by atoms with E-state index in [-0.39, 0.29) is 6.42 Å². The molecule has 0 atom stereocenters. The van der Waals surface area contributed by atoms with Crippen molar-refractivity contribution in [1.29, 1.82) is 0 Å². The normalized spacial score (nSPS) is 9.86. The fourth-order valence-electron chi connectivity index (χ4n) is 0.989. The van der Waals surface area contributed by atoms with Crippen molar-refractivity contribution in [2.24, 2.45) is 0 Å². The number of halogens is 1. The highest BCUT2D eigenvalue weighted by Crippen LogP contribution is 2.24. The van der Waals surface area contributed by atoms with Crippen LogP contribution in [0.2, 0.25) is 0 Å². The number of methoxy groups -OCH3 is 1. The van der Waals surface area contributed by atoms with Crippen LogP contribution in [0.15, 0.2) is 16.7 Å². The van der Waals surface area contributed by atoms with Crippen molar-refractivity contribution in [3.8, 4) is 5.75 Å². The Bertz CT molecular complexity index is 341. The molecule has 0 amide bonds. The van der Waals surface area contributed by atoms with Gasteiger partial charge >= 0.3 is 5.97 Å². The topological polar surface area (TPSA) is 59.4 Å². The van der Waals surface area contributed by atoms with Gasteiger partial charge in [0.2, 0.25) is 0 Å². The van der Waals surface area contributed by atoms with Crippen molar-refractivity contribution in [2.75, 3.05) is 7.11 Å². The molecule has 0 saturated heterocycles. The summed E-state index contributed by atoms with van der Waals surface area (Å²) < 4.78 is 5.82. The summed E-state index contributed by atoms with van der Waals surface area (Å²) in [5, 5.41) is 8.49. The Hall–Kier alpha value is -1.10. The molecule has 4 nitrogen and oxygen atoms in total. The van der Waals surface area contributed by atoms with E-state index in [9.17, 15) is 4.79 Å². The highest BCUT2D eigenvalue weighted by Gasteiger charge is 2.04. The Morgan fingerprint density at radius 2 is 2.43 bits per heavy atom. The van der Waals surface area contributed by atoms with Crippen molar-refractivity contribution in [3.63, 3.8) is 0 Å². The second kappa shape index (κ2) is 4.95. The standard InChI is InChI=1S/C9H10BrNO3/c1-14-8-4-6(2-3-9(12)13)11-5-7(8)10/h4-5H,2-3H2,1H3,(H,12,13). The van der Waals surface area contributed by atoms with Gasteiger partial charge in [-0.25, -0.2) is 0 Å². The summed E-state index contributed by atoms with van der Waals surface area (Å²) in [5.74, 6) is -0.158. The molecule has 1 N–H and O–H groups in total. The van der Waals surface area contributed by atoms with Crippen LogP contribution >= 0.6 is 15.9 Å². The summed E-state index contributed by atoms with van der Waals surface area (Å²) >= 11 is 3.27. The first-order valence-electron chi connectivity index (χ1n) is 4.03. The van der Waals surface area contributed by atoms with Gasteiger partial charge < -0.3 is 9.84 Å². The molecule has 5 heteroatoms. The Labute approximate surface area is 90.0 Å². The lowest BCUT2D eigenvalue weighted by Gasteiger charge is -2.04. The minimum absolute atomic E-state index is 0.0811. The third-order valence-electron chi connectivity index (χ3n) is 1.69. The average molecular weight is 260 g/mol. The average Bonchev–Trinajstić information content (AvgIpc) is 2.16. The van der Waals surface area contributed by atoms with E-state index in [4.69, 9.17) is 9.84 Å². The van der Waals surface area contributed by atoms with Gasteiger partial charge in [-0.1, -0.05) is 0 Å². The van der Waals surface area contributed by atoms with Crippen LogP contribution in [0.1, 0.15) is 12.1 Å². The third-order valence-corrected chi connectivity index (χ3v) is 2.29. The van der Waals surface area contributed by atoms with Crippen molar-refractivity contribution in [3.05, 3.63) is 22.4 Å². The first kappa shape index (κ1) is 11.0. The summed E-state index contributed by atoms with van der Waals surface area (Å²) in [6.45, 7) is 0. The lowest BCUT2D eigenvalue weighted by molar-refractivity contribution is -0.136. The van der Waals surface area contributed by atoms with Crippen LogP contribution in [0.25, 0.3) is 0 Å². The third kappa shape index (κ3) is 2.99. The molecule has 0 aromatic carbocycles. The maximum absolute atomic E-state index is 10.3. The van der Waals surface area contributed by atoms with Crippen LogP contribution in [0.5, 0.6) is 5.75 Å². The number of ether oxygens (including phenoxy) is 1. The van der Waals surface area contributed by atoms with Gasteiger partial charge in [0.1, 0.15) is 5.75 Å². The van der Waals surface area contributed by atoms with E-state index < -0.39 is 5.97 Å². The molecule has 0 saturated carbocycles. The molecule has 76 valence electrons. The number of aromatic nitrogens is 1. The van der Waals surface area contributed by atoms with Gasteiger partial charge in [0, 0.05) is 24.4 Å². The quantitative estimate of drug-likeness (QED) is 0.897. The van der Waals surface area contributed by atoms with Gasteiger partial charge in [-0.05, 0) is 15.9 Å². The number of carboxylic acids is 1. The fourth-order valence-corrected chi connectivity index (χ4v) is 1.37. The lowest BCUT2D eigenvalue weighted by Crippen LogP contribution is -1.99. The molecule has 1 aromatic rings. The van der Waals surface area contributed by atoms with Crippen molar-refractivity contribution >= 4 is 21.9 Å². The number of aliphatic carboxylic acids is 1. The summed E-state index contributed by atoms with van der Waals surface area (Å²) in [6, 6.07) is 1.73. The molecule has 0 aliphatic carbocycles. The summed E-state index contributed by atoms with van der Waals surface area (Å²) in [5.41, 5.74) is 0.715. The van der Waals surface area contributed by atoms with E-state index >= 15 is 0 Å². The zero-order valence-corrected chi connectivity index (χ0v) is 9.24. The summed E-state index contributed by atoms with van der Waals surface area (Å²) in [6.07, 6.45) is 2.10. The first-order valence-corrected chi connectivity index (χ1v) is 4.83. The number of nitrogens with zero attached hydrogens (tertiary/aromatic N) is 1. The van der Waals surface area contributed by atoms with Crippen molar-refractivity contribution in [2.45, 2.75) is 12.8 Å². The van der Waals surface area contributed by atoms with Crippen molar-refractivity contribution < 1.29 is 14.6 Å². The maximum Gasteiger partial charge on any atom is 0.303 e. The highest BCUT2D eigenvalue weighted by atomic mass is 79.9. The molecule has 14 heavy (non-hydrogen) atoms. The number of rotatable bonds is 4. The Kier molecular flexibility index (Phi) is 3.88. The van der Waals surface area contributed by atoms with E-state index in [0.717, 1.165) is 4.47 Å². The zero-order chi connectivity index (χ0) is 10.6. The molecule has 1 heterocycles. The summed E-state index contributed by atoms with van der Waals surface area (Å²) in [4.78, 5) is 14.4. The number of pyridine rings is 1. The minimum atomic E-state index is -0.825. The van der Waals surface area contributed by atoms with Crippen molar-refractivity contribution in [1.82, 2.24) is 4.98 Å². The molecule has 0 radical (unpaired) electrons. The van der Waals surface area contributed by atoms with E-state index in [1.807, 2.05) is 0 Å². The number of carbonyl (C=O) groups is 1. The predicted molar refractivity (Wildman–Crippen MR) is 54.4 cm³/mol. The SMILES string of the molecule is COc1cc(CCC(=O)O)ncc1Br. The number of aryl methyl sites for hydroxylation is 1. The minimum Gasteiger partial charge on any atom is -0.495 e. The van der Waals surface area contributed by atoms with E-state index in [0.29, 0.717) is 17.9 Å². The van der Waals surface area contributed by atoms with Crippen LogP contribution < -0.4 is 4.74 Å². The smallest absolute Gasteiger partial charge is 0.303 e. The van der Waals surface area contributed by atoms with E-state index in [2.05, 4.69) is 20.9 Å².